The molecule has 0 unspecified atom stereocenters. The van der Waals surface area contributed by atoms with E-state index < -0.39 is 15.7 Å². The predicted molar refractivity (Wildman–Crippen MR) is 85.0 cm³/mol. The van der Waals surface area contributed by atoms with Gasteiger partial charge in [-0.3, -0.25) is 4.90 Å². The lowest BCUT2D eigenvalue weighted by Gasteiger charge is -2.36. The maximum atomic E-state index is 12.7. The van der Waals surface area contributed by atoms with Crippen LogP contribution in [0.5, 0.6) is 0 Å². The molecular formula is C14H29N3O4S. The largest absolute Gasteiger partial charge is 0.383 e. The number of morpholine rings is 1. The normalized spacial score (nSPS) is 25.7. The van der Waals surface area contributed by atoms with Crippen LogP contribution in [0.2, 0.25) is 0 Å². The molecule has 2 aliphatic rings. The Balaban J connectivity index is 1.96. The van der Waals surface area contributed by atoms with Crippen molar-refractivity contribution in [3.63, 3.8) is 0 Å². The predicted octanol–water partition coefficient (Wildman–Crippen LogP) is 0.0424. The molecule has 8 heteroatoms. The highest BCUT2D eigenvalue weighted by Gasteiger charge is 2.37. The molecule has 0 spiro atoms. The maximum Gasteiger partial charge on any atom is 0.280 e. The van der Waals surface area contributed by atoms with Crippen LogP contribution < -0.4 is 4.72 Å². The number of hydrogen-bond acceptors (Lipinski definition) is 5. The van der Waals surface area contributed by atoms with E-state index in [0.29, 0.717) is 32.9 Å². The summed E-state index contributed by atoms with van der Waals surface area (Å²) in [6.45, 7) is 8.68. The van der Waals surface area contributed by atoms with Crippen molar-refractivity contribution >= 4 is 10.2 Å². The van der Waals surface area contributed by atoms with Gasteiger partial charge in [-0.2, -0.15) is 17.4 Å². The average molecular weight is 335 g/mol. The molecule has 1 atom stereocenters. The van der Waals surface area contributed by atoms with Crippen LogP contribution in [0.1, 0.15) is 26.7 Å². The SMILES string of the molecule is COC[C@H]1CCCN1S(=O)(=O)NC(C)(C)CN1CCOCC1. The zero-order valence-electron chi connectivity index (χ0n) is 13.9. The van der Waals surface area contributed by atoms with Crippen molar-refractivity contribution in [1.29, 1.82) is 0 Å². The van der Waals surface area contributed by atoms with Gasteiger partial charge in [0, 0.05) is 44.9 Å². The second-order valence-corrected chi connectivity index (χ2v) is 8.36. The van der Waals surface area contributed by atoms with Crippen molar-refractivity contribution in [1.82, 2.24) is 13.9 Å². The molecule has 2 aliphatic heterocycles. The molecule has 2 rings (SSSR count). The van der Waals surface area contributed by atoms with Crippen molar-refractivity contribution < 1.29 is 17.9 Å². The molecule has 2 heterocycles. The Morgan fingerprint density at radius 3 is 2.59 bits per heavy atom. The molecule has 0 bridgehead atoms. The summed E-state index contributed by atoms with van der Waals surface area (Å²) >= 11 is 0. The van der Waals surface area contributed by atoms with E-state index >= 15 is 0 Å². The quantitative estimate of drug-likeness (QED) is 0.711. The van der Waals surface area contributed by atoms with Crippen LogP contribution >= 0.6 is 0 Å². The fourth-order valence-corrected chi connectivity index (χ4v) is 5.05. The molecule has 1 N–H and O–H groups in total. The van der Waals surface area contributed by atoms with E-state index in [-0.39, 0.29) is 6.04 Å². The van der Waals surface area contributed by atoms with Gasteiger partial charge in [-0.25, -0.2) is 0 Å². The lowest BCUT2D eigenvalue weighted by molar-refractivity contribution is 0.0288. The Hall–Kier alpha value is -0.250. The molecule has 130 valence electrons. The average Bonchev–Trinajstić information content (AvgIpc) is 2.87. The van der Waals surface area contributed by atoms with E-state index in [4.69, 9.17) is 9.47 Å². The van der Waals surface area contributed by atoms with Crippen molar-refractivity contribution in [2.24, 2.45) is 0 Å². The van der Waals surface area contributed by atoms with E-state index in [1.807, 2.05) is 13.8 Å². The Labute approximate surface area is 134 Å². The Bertz CT molecular complexity index is 449. The van der Waals surface area contributed by atoms with Gasteiger partial charge in [-0.1, -0.05) is 0 Å². The molecule has 0 aromatic heterocycles. The molecule has 0 aliphatic carbocycles. The zero-order valence-corrected chi connectivity index (χ0v) is 14.7. The maximum absolute atomic E-state index is 12.7. The monoisotopic (exact) mass is 335 g/mol. The number of nitrogens with one attached hydrogen (secondary N) is 1. The first-order chi connectivity index (χ1) is 10.3. The van der Waals surface area contributed by atoms with Crippen molar-refractivity contribution in [2.75, 3.05) is 53.1 Å². The van der Waals surface area contributed by atoms with Crippen LogP contribution in [0.25, 0.3) is 0 Å². The van der Waals surface area contributed by atoms with Crippen molar-refractivity contribution in [3.8, 4) is 0 Å². The molecule has 0 saturated carbocycles. The van der Waals surface area contributed by atoms with Gasteiger partial charge in [0.25, 0.3) is 10.2 Å². The van der Waals surface area contributed by atoms with Crippen LogP contribution in [0.4, 0.5) is 0 Å². The van der Waals surface area contributed by atoms with E-state index in [0.717, 1.165) is 25.9 Å². The summed E-state index contributed by atoms with van der Waals surface area (Å²) in [4.78, 5) is 2.24. The lowest BCUT2D eigenvalue weighted by atomic mass is 10.1. The summed E-state index contributed by atoms with van der Waals surface area (Å²) in [5.74, 6) is 0. The first-order valence-corrected chi connectivity index (χ1v) is 9.38. The van der Waals surface area contributed by atoms with Crippen molar-refractivity contribution in [2.45, 2.75) is 38.3 Å². The minimum Gasteiger partial charge on any atom is -0.383 e. The van der Waals surface area contributed by atoms with Gasteiger partial charge < -0.3 is 9.47 Å². The number of nitrogens with zero attached hydrogens (tertiary/aromatic N) is 2. The number of hydrogen-bond donors (Lipinski definition) is 1. The van der Waals surface area contributed by atoms with E-state index in [1.54, 1.807) is 11.4 Å². The third kappa shape index (κ3) is 4.87. The molecule has 0 amide bonds. The molecule has 0 aromatic carbocycles. The highest BCUT2D eigenvalue weighted by molar-refractivity contribution is 7.87. The molecule has 0 radical (unpaired) electrons. The zero-order chi connectivity index (χ0) is 16.2. The van der Waals surface area contributed by atoms with Gasteiger partial charge in [0.2, 0.25) is 0 Å². The van der Waals surface area contributed by atoms with E-state index in [1.165, 1.54) is 0 Å². The minimum absolute atomic E-state index is 0.0540. The summed E-state index contributed by atoms with van der Waals surface area (Å²) < 4.78 is 40.3. The van der Waals surface area contributed by atoms with Gasteiger partial charge in [0.1, 0.15) is 0 Å². The fourth-order valence-electron chi connectivity index (χ4n) is 3.24. The van der Waals surface area contributed by atoms with Gasteiger partial charge in [-0.15, -0.1) is 0 Å². The lowest BCUT2D eigenvalue weighted by Crippen LogP contribution is -2.57. The fraction of sp³-hybridized carbons (Fsp3) is 1.00. The van der Waals surface area contributed by atoms with Gasteiger partial charge in [0.15, 0.2) is 0 Å². The summed E-state index contributed by atoms with van der Waals surface area (Å²) in [6, 6.07) is -0.0540. The number of methoxy groups -OCH3 is 1. The highest BCUT2D eigenvalue weighted by atomic mass is 32.2. The summed E-state index contributed by atoms with van der Waals surface area (Å²) in [7, 11) is -1.88. The van der Waals surface area contributed by atoms with Crippen LogP contribution in [0.3, 0.4) is 0 Å². The molecule has 0 aromatic rings. The van der Waals surface area contributed by atoms with Gasteiger partial charge in [-0.05, 0) is 26.7 Å². The third-order valence-corrected chi connectivity index (χ3v) is 6.03. The van der Waals surface area contributed by atoms with E-state index in [9.17, 15) is 8.42 Å². The standard InChI is InChI=1S/C14H29N3O4S/c1-14(2,12-16-7-9-21-10-8-16)15-22(18,19)17-6-4-5-13(17)11-20-3/h13,15H,4-12H2,1-3H3/t13-/m1/s1. The summed E-state index contributed by atoms with van der Waals surface area (Å²) in [5, 5.41) is 0. The number of ether oxygens (including phenoxy) is 2. The smallest absolute Gasteiger partial charge is 0.280 e. The molecular weight excluding hydrogens is 306 g/mol. The van der Waals surface area contributed by atoms with Crippen LogP contribution in [0.15, 0.2) is 0 Å². The number of rotatable bonds is 7. The highest BCUT2D eigenvalue weighted by Crippen LogP contribution is 2.22. The Morgan fingerprint density at radius 1 is 1.27 bits per heavy atom. The van der Waals surface area contributed by atoms with Gasteiger partial charge in [0.05, 0.1) is 19.8 Å². The molecule has 22 heavy (non-hydrogen) atoms. The first-order valence-electron chi connectivity index (χ1n) is 7.94. The first kappa shape index (κ1) is 18.1. The molecule has 2 fully saturated rings. The van der Waals surface area contributed by atoms with Crippen LogP contribution in [-0.2, 0) is 19.7 Å². The molecule has 7 nitrogen and oxygen atoms in total. The van der Waals surface area contributed by atoms with Crippen molar-refractivity contribution in [3.05, 3.63) is 0 Å². The van der Waals surface area contributed by atoms with Crippen LogP contribution in [0, 0.1) is 0 Å². The van der Waals surface area contributed by atoms with E-state index in [2.05, 4.69) is 9.62 Å². The second kappa shape index (κ2) is 7.55. The summed E-state index contributed by atoms with van der Waals surface area (Å²) in [6.07, 6.45) is 1.75. The minimum atomic E-state index is -3.49. The molecule has 2 saturated heterocycles. The van der Waals surface area contributed by atoms with Crippen LogP contribution in [-0.4, -0.2) is 82.3 Å². The topological polar surface area (TPSA) is 71.1 Å². The summed E-state index contributed by atoms with van der Waals surface area (Å²) in [5.41, 5.74) is -0.517. The Kier molecular flexibility index (Phi) is 6.21. The second-order valence-electron chi connectivity index (χ2n) is 6.74. The third-order valence-electron chi connectivity index (χ3n) is 4.12. The van der Waals surface area contributed by atoms with Gasteiger partial charge >= 0.3 is 0 Å². The Morgan fingerprint density at radius 2 is 1.95 bits per heavy atom.